The minimum atomic E-state index is 0.583. The number of nitrogens with one attached hydrogen (secondary N) is 2. The van der Waals surface area contributed by atoms with Crippen molar-refractivity contribution >= 4 is 11.6 Å². The number of rotatable bonds is 10. The Morgan fingerprint density at radius 3 is 2.96 bits per heavy atom. The van der Waals surface area contributed by atoms with Crippen molar-refractivity contribution in [2.45, 2.75) is 26.7 Å². The molecular weight excluding hydrogens is 328 g/mol. The SMILES string of the molecule is CCNC(=NCC1CCN(c2cccc(OC)c2)C1)NCCCOCC. The van der Waals surface area contributed by atoms with Crippen LogP contribution in [-0.2, 0) is 4.74 Å². The Bertz CT molecular complexity index is 550. The number of nitrogens with zero attached hydrogens (tertiary/aromatic N) is 2. The first-order valence-electron chi connectivity index (χ1n) is 9.75. The minimum Gasteiger partial charge on any atom is -0.497 e. The maximum atomic E-state index is 5.37. The number of hydrogen-bond donors (Lipinski definition) is 2. The Morgan fingerprint density at radius 2 is 2.19 bits per heavy atom. The second kappa shape index (κ2) is 11.6. The lowest BCUT2D eigenvalue weighted by molar-refractivity contribution is 0.145. The average molecular weight is 363 g/mol. The summed E-state index contributed by atoms with van der Waals surface area (Å²) in [6.45, 7) is 10.4. The van der Waals surface area contributed by atoms with Crippen LogP contribution in [0.15, 0.2) is 29.3 Å². The Balaban J connectivity index is 1.80. The zero-order chi connectivity index (χ0) is 18.6. The highest BCUT2D eigenvalue weighted by Crippen LogP contribution is 2.26. The minimum absolute atomic E-state index is 0.583. The van der Waals surface area contributed by atoms with Crippen molar-refractivity contribution in [2.24, 2.45) is 10.9 Å². The van der Waals surface area contributed by atoms with E-state index in [9.17, 15) is 0 Å². The Hall–Kier alpha value is -1.95. The lowest BCUT2D eigenvalue weighted by atomic mass is 10.1. The molecule has 0 saturated carbocycles. The van der Waals surface area contributed by atoms with Crippen LogP contribution in [0.3, 0.4) is 0 Å². The number of methoxy groups -OCH3 is 1. The second-order valence-corrected chi connectivity index (χ2v) is 6.50. The standard InChI is InChI=1S/C20H34N4O2/c1-4-21-20(22-11-7-13-26-5-2)23-15-17-10-12-24(16-17)18-8-6-9-19(14-18)25-3/h6,8-9,14,17H,4-5,7,10-13,15-16H2,1-3H3,(H2,21,22,23). The molecule has 1 aromatic rings. The van der Waals surface area contributed by atoms with Gasteiger partial charge in [0.2, 0.25) is 0 Å². The van der Waals surface area contributed by atoms with Gasteiger partial charge >= 0.3 is 0 Å². The third kappa shape index (κ3) is 6.75. The van der Waals surface area contributed by atoms with Crippen LogP contribution in [-0.4, -0.2) is 59.0 Å². The number of guanidine groups is 1. The highest BCUT2D eigenvalue weighted by Gasteiger charge is 2.22. The summed E-state index contributed by atoms with van der Waals surface area (Å²) in [4.78, 5) is 7.20. The van der Waals surface area contributed by atoms with Gasteiger partial charge < -0.3 is 25.0 Å². The molecule has 1 aliphatic heterocycles. The summed E-state index contributed by atoms with van der Waals surface area (Å²) < 4.78 is 10.7. The molecule has 0 radical (unpaired) electrons. The molecule has 6 nitrogen and oxygen atoms in total. The zero-order valence-electron chi connectivity index (χ0n) is 16.5. The van der Waals surface area contributed by atoms with E-state index >= 15 is 0 Å². The van der Waals surface area contributed by atoms with Crippen molar-refractivity contribution in [3.05, 3.63) is 24.3 Å². The summed E-state index contributed by atoms with van der Waals surface area (Å²) >= 11 is 0. The Morgan fingerprint density at radius 1 is 1.31 bits per heavy atom. The number of benzene rings is 1. The van der Waals surface area contributed by atoms with E-state index in [0.717, 1.165) is 64.1 Å². The summed E-state index contributed by atoms with van der Waals surface area (Å²) in [6, 6.07) is 8.30. The van der Waals surface area contributed by atoms with Gasteiger partial charge in [-0.2, -0.15) is 0 Å². The second-order valence-electron chi connectivity index (χ2n) is 6.50. The van der Waals surface area contributed by atoms with Crippen LogP contribution in [0.1, 0.15) is 26.7 Å². The molecule has 1 unspecified atom stereocenters. The van der Waals surface area contributed by atoms with E-state index in [1.165, 1.54) is 12.1 Å². The first-order chi connectivity index (χ1) is 12.8. The first-order valence-corrected chi connectivity index (χ1v) is 9.75. The molecule has 2 N–H and O–H groups in total. The molecular formula is C20H34N4O2. The van der Waals surface area contributed by atoms with Gasteiger partial charge in [-0.15, -0.1) is 0 Å². The Labute approximate surface area is 158 Å². The molecule has 6 heteroatoms. The predicted octanol–water partition coefficient (Wildman–Crippen LogP) is 2.50. The summed E-state index contributed by atoms with van der Waals surface area (Å²) in [5.74, 6) is 2.40. The number of anilines is 1. The molecule has 1 fully saturated rings. The molecule has 146 valence electrons. The van der Waals surface area contributed by atoms with Gasteiger partial charge in [0.15, 0.2) is 5.96 Å². The highest BCUT2D eigenvalue weighted by atomic mass is 16.5. The molecule has 1 atom stereocenters. The quantitative estimate of drug-likeness (QED) is 0.380. The molecule has 0 amide bonds. The largest absolute Gasteiger partial charge is 0.497 e. The molecule has 26 heavy (non-hydrogen) atoms. The van der Waals surface area contributed by atoms with Gasteiger partial charge in [0.1, 0.15) is 5.75 Å². The smallest absolute Gasteiger partial charge is 0.191 e. The molecule has 0 spiro atoms. The molecule has 1 saturated heterocycles. The summed E-state index contributed by atoms with van der Waals surface area (Å²) in [5, 5.41) is 6.71. The van der Waals surface area contributed by atoms with Gasteiger partial charge in [0.25, 0.3) is 0 Å². The zero-order valence-corrected chi connectivity index (χ0v) is 16.5. The van der Waals surface area contributed by atoms with Crippen LogP contribution in [0.25, 0.3) is 0 Å². The predicted molar refractivity (Wildman–Crippen MR) is 108 cm³/mol. The van der Waals surface area contributed by atoms with Gasteiger partial charge in [-0.05, 0) is 44.7 Å². The number of ether oxygens (including phenoxy) is 2. The van der Waals surface area contributed by atoms with Crippen molar-refractivity contribution < 1.29 is 9.47 Å². The summed E-state index contributed by atoms with van der Waals surface area (Å²) in [5.41, 5.74) is 1.23. The van der Waals surface area contributed by atoms with Crippen LogP contribution < -0.4 is 20.3 Å². The fourth-order valence-corrected chi connectivity index (χ4v) is 3.11. The number of aliphatic imine (C=N–C) groups is 1. The molecule has 0 bridgehead atoms. The third-order valence-electron chi connectivity index (χ3n) is 4.52. The van der Waals surface area contributed by atoms with Gasteiger partial charge in [0, 0.05) is 57.7 Å². The van der Waals surface area contributed by atoms with Crippen molar-refractivity contribution in [1.29, 1.82) is 0 Å². The molecule has 2 rings (SSSR count). The third-order valence-corrected chi connectivity index (χ3v) is 4.52. The molecule has 0 aromatic heterocycles. The van der Waals surface area contributed by atoms with Crippen molar-refractivity contribution in [2.75, 3.05) is 57.9 Å². The van der Waals surface area contributed by atoms with Crippen molar-refractivity contribution in [3.63, 3.8) is 0 Å². The van der Waals surface area contributed by atoms with Crippen molar-refractivity contribution in [3.8, 4) is 5.75 Å². The van der Waals surface area contributed by atoms with E-state index in [1.807, 2.05) is 13.0 Å². The molecule has 1 aromatic carbocycles. The van der Waals surface area contributed by atoms with E-state index in [0.29, 0.717) is 5.92 Å². The molecule has 1 aliphatic rings. The maximum absolute atomic E-state index is 5.37. The van der Waals surface area contributed by atoms with Crippen LogP contribution in [0.5, 0.6) is 5.75 Å². The highest BCUT2D eigenvalue weighted by molar-refractivity contribution is 5.79. The fourth-order valence-electron chi connectivity index (χ4n) is 3.11. The van der Waals surface area contributed by atoms with Crippen LogP contribution >= 0.6 is 0 Å². The van der Waals surface area contributed by atoms with E-state index in [1.54, 1.807) is 7.11 Å². The molecule has 1 heterocycles. The topological polar surface area (TPSA) is 58.1 Å². The lowest BCUT2D eigenvalue weighted by Crippen LogP contribution is -2.38. The van der Waals surface area contributed by atoms with Gasteiger partial charge in [-0.1, -0.05) is 6.07 Å². The summed E-state index contributed by atoms with van der Waals surface area (Å²) in [7, 11) is 1.71. The van der Waals surface area contributed by atoms with Crippen LogP contribution in [0.4, 0.5) is 5.69 Å². The number of hydrogen-bond acceptors (Lipinski definition) is 4. The van der Waals surface area contributed by atoms with E-state index < -0.39 is 0 Å². The lowest BCUT2D eigenvalue weighted by Gasteiger charge is -2.19. The van der Waals surface area contributed by atoms with E-state index in [-0.39, 0.29) is 0 Å². The monoisotopic (exact) mass is 362 g/mol. The van der Waals surface area contributed by atoms with E-state index in [4.69, 9.17) is 14.5 Å². The summed E-state index contributed by atoms with van der Waals surface area (Å²) in [6.07, 6.45) is 2.16. The fraction of sp³-hybridized carbons (Fsp3) is 0.650. The van der Waals surface area contributed by atoms with Gasteiger partial charge in [0.05, 0.1) is 7.11 Å². The van der Waals surface area contributed by atoms with Gasteiger partial charge in [-0.3, -0.25) is 4.99 Å². The Kier molecular flexibility index (Phi) is 9.10. The normalized spacial score (nSPS) is 17.4. The van der Waals surface area contributed by atoms with Crippen LogP contribution in [0, 0.1) is 5.92 Å². The molecule has 0 aliphatic carbocycles. The van der Waals surface area contributed by atoms with Crippen LogP contribution in [0.2, 0.25) is 0 Å². The average Bonchev–Trinajstić information content (AvgIpc) is 3.15. The van der Waals surface area contributed by atoms with Crippen molar-refractivity contribution in [1.82, 2.24) is 10.6 Å². The van der Waals surface area contributed by atoms with E-state index in [2.05, 4.69) is 40.7 Å². The maximum Gasteiger partial charge on any atom is 0.191 e. The van der Waals surface area contributed by atoms with Gasteiger partial charge in [-0.25, -0.2) is 0 Å². The first kappa shape index (κ1) is 20.4.